The Hall–Kier alpha value is -3.34. The number of anilines is 1. The number of carbonyl (C=O) groups excluding carboxylic acids is 1. The van der Waals surface area contributed by atoms with E-state index in [0.717, 1.165) is 22.3 Å². The predicted octanol–water partition coefficient (Wildman–Crippen LogP) is 6.50. The van der Waals surface area contributed by atoms with Gasteiger partial charge in [0.1, 0.15) is 5.82 Å². The number of hydrogen-bond donors (Lipinski definition) is 1. The topological polar surface area (TPSA) is 47.6 Å². The van der Waals surface area contributed by atoms with Gasteiger partial charge in [0, 0.05) is 0 Å². The molecular weight excluding hydrogens is 417 g/mol. The second-order valence-corrected chi connectivity index (χ2v) is 10.1. The highest BCUT2D eigenvalue weighted by Crippen LogP contribution is 2.51. The third-order valence-corrected chi connectivity index (χ3v) is 6.73. The molecule has 1 amide bonds. The summed E-state index contributed by atoms with van der Waals surface area (Å²) in [5.74, 6) is 0.700. The number of aryl methyl sites for hydroxylation is 1. The van der Waals surface area contributed by atoms with E-state index in [2.05, 4.69) is 50.4 Å². The number of fused-ring (bicyclic) bond motifs is 1. The highest BCUT2D eigenvalue weighted by atomic mass is 19.1. The van der Waals surface area contributed by atoms with Crippen molar-refractivity contribution in [3.63, 3.8) is 0 Å². The fourth-order valence-electron chi connectivity index (χ4n) is 4.44. The highest BCUT2D eigenvalue weighted by molar-refractivity contribution is 6.02. The first-order valence-electron chi connectivity index (χ1n) is 11.3. The fourth-order valence-corrected chi connectivity index (χ4v) is 4.44. The monoisotopic (exact) mass is 445 g/mol. The molecule has 2 aliphatic rings. The number of amides is 1. The van der Waals surface area contributed by atoms with Gasteiger partial charge < -0.3 is 14.8 Å². The van der Waals surface area contributed by atoms with Crippen LogP contribution in [0, 0.1) is 12.7 Å². The zero-order valence-electron chi connectivity index (χ0n) is 19.4. The molecule has 3 aromatic rings. The fraction of sp³-hybridized carbons (Fsp3) is 0.321. The van der Waals surface area contributed by atoms with Gasteiger partial charge in [-0.3, -0.25) is 4.79 Å². The number of ether oxygens (including phenoxy) is 2. The summed E-state index contributed by atoms with van der Waals surface area (Å²) in [5.41, 5.74) is 4.43. The Kier molecular flexibility index (Phi) is 4.96. The van der Waals surface area contributed by atoms with Crippen LogP contribution in [0.3, 0.4) is 0 Å². The van der Waals surface area contributed by atoms with Gasteiger partial charge in [0.25, 0.3) is 0 Å². The van der Waals surface area contributed by atoms with E-state index in [1.165, 1.54) is 11.6 Å². The summed E-state index contributed by atoms with van der Waals surface area (Å²) in [7, 11) is 0. The van der Waals surface area contributed by atoms with E-state index in [9.17, 15) is 9.18 Å². The summed E-state index contributed by atoms with van der Waals surface area (Å²) in [5, 5.41) is 2.87. The van der Waals surface area contributed by atoms with Crippen molar-refractivity contribution in [1.29, 1.82) is 0 Å². The number of nitrogens with one attached hydrogen (secondary N) is 1. The van der Waals surface area contributed by atoms with Gasteiger partial charge in [-0.05, 0) is 77.3 Å². The number of halogens is 1. The summed E-state index contributed by atoms with van der Waals surface area (Å²) in [4.78, 5) is 13.3. The third-order valence-electron chi connectivity index (χ3n) is 6.73. The Labute approximate surface area is 193 Å². The van der Waals surface area contributed by atoms with Gasteiger partial charge >= 0.3 is 0 Å². The summed E-state index contributed by atoms with van der Waals surface area (Å²) in [6.45, 7) is 8.59. The van der Waals surface area contributed by atoms with E-state index in [0.29, 0.717) is 24.3 Å². The molecule has 0 unspecified atom stereocenters. The average molecular weight is 446 g/mol. The minimum absolute atomic E-state index is 0.0583. The first kappa shape index (κ1) is 21.5. The second kappa shape index (κ2) is 7.62. The largest absolute Gasteiger partial charge is 0.454 e. The van der Waals surface area contributed by atoms with E-state index < -0.39 is 11.2 Å². The molecule has 1 heterocycles. The average Bonchev–Trinajstić information content (AvgIpc) is 3.46. The molecule has 170 valence electrons. The number of benzene rings is 3. The first-order chi connectivity index (χ1) is 15.7. The molecular formula is C28H28FNO3. The smallest absolute Gasteiger partial charge is 0.235 e. The van der Waals surface area contributed by atoms with Crippen molar-refractivity contribution >= 4 is 11.6 Å². The molecule has 5 heteroatoms. The molecule has 0 radical (unpaired) electrons. The molecule has 0 aromatic heterocycles. The molecule has 4 nitrogen and oxygen atoms in total. The van der Waals surface area contributed by atoms with E-state index in [1.54, 1.807) is 6.07 Å². The summed E-state index contributed by atoms with van der Waals surface area (Å²) >= 11 is 0. The van der Waals surface area contributed by atoms with Crippen LogP contribution in [-0.4, -0.2) is 12.7 Å². The zero-order valence-corrected chi connectivity index (χ0v) is 19.4. The first-order valence-corrected chi connectivity index (χ1v) is 11.3. The number of rotatable bonds is 4. The van der Waals surface area contributed by atoms with Crippen molar-refractivity contribution in [2.24, 2.45) is 0 Å². The minimum Gasteiger partial charge on any atom is -0.454 e. The highest BCUT2D eigenvalue weighted by Gasteiger charge is 2.51. The van der Waals surface area contributed by atoms with Crippen LogP contribution in [0.1, 0.15) is 50.3 Å². The molecule has 1 saturated carbocycles. The Bertz CT molecular complexity index is 1240. The Morgan fingerprint density at radius 3 is 2.33 bits per heavy atom. The Morgan fingerprint density at radius 1 is 0.970 bits per heavy atom. The van der Waals surface area contributed by atoms with Crippen molar-refractivity contribution in [2.75, 3.05) is 12.1 Å². The van der Waals surface area contributed by atoms with Crippen molar-refractivity contribution in [1.82, 2.24) is 0 Å². The second-order valence-electron chi connectivity index (χ2n) is 10.1. The quantitative estimate of drug-likeness (QED) is 0.499. The van der Waals surface area contributed by atoms with Gasteiger partial charge in [-0.15, -0.1) is 0 Å². The molecule has 0 saturated heterocycles. The van der Waals surface area contributed by atoms with Crippen molar-refractivity contribution < 1.29 is 18.7 Å². The van der Waals surface area contributed by atoms with E-state index >= 15 is 0 Å². The molecule has 0 spiro atoms. The third kappa shape index (κ3) is 3.86. The van der Waals surface area contributed by atoms with Gasteiger partial charge in [-0.2, -0.15) is 0 Å². The lowest BCUT2D eigenvalue weighted by atomic mass is 9.86. The van der Waals surface area contributed by atoms with Gasteiger partial charge in [-0.1, -0.05) is 51.1 Å². The zero-order chi connectivity index (χ0) is 23.4. The standard InChI is InChI=1S/C28H28FNO3/c1-17-13-22(29)23(15-21(17)18-5-7-19(8-6-18)27(2,3)4)30-26(31)28(11-12-28)20-9-10-24-25(14-20)33-16-32-24/h5-10,13-15H,11-12,16H2,1-4H3,(H,30,31). The lowest BCUT2D eigenvalue weighted by molar-refractivity contribution is -0.118. The summed E-state index contributed by atoms with van der Waals surface area (Å²) < 4.78 is 25.7. The molecule has 1 N–H and O–H groups in total. The van der Waals surface area contributed by atoms with Crippen LogP contribution in [0.5, 0.6) is 11.5 Å². The Morgan fingerprint density at radius 2 is 1.67 bits per heavy atom. The van der Waals surface area contributed by atoms with Gasteiger partial charge in [-0.25, -0.2) is 4.39 Å². The molecule has 33 heavy (non-hydrogen) atoms. The van der Waals surface area contributed by atoms with Crippen molar-refractivity contribution in [2.45, 2.75) is 51.4 Å². The molecule has 1 aliphatic carbocycles. The molecule has 5 rings (SSSR count). The van der Waals surface area contributed by atoms with Crippen LogP contribution in [0.25, 0.3) is 11.1 Å². The maximum absolute atomic E-state index is 14.9. The van der Waals surface area contributed by atoms with Crippen LogP contribution in [-0.2, 0) is 15.6 Å². The lowest BCUT2D eigenvalue weighted by Gasteiger charge is -2.20. The van der Waals surface area contributed by atoms with Crippen LogP contribution in [0.2, 0.25) is 0 Å². The molecule has 1 fully saturated rings. The number of hydrogen-bond acceptors (Lipinski definition) is 3. The molecule has 1 aliphatic heterocycles. The Balaban J connectivity index is 1.42. The van der Waals surface area contributed by atoms with Crippen molar-refractivity contribution in [3.8, 4) is 22.6 Å². The maximum Gasteiger partial charge on any atom is 0.235 e. The van der Waals surface area contributed by atoms with Crippen molar-refractivity contribution in [3.05, 3.63) is 77.1 Å². The van der Waals surface area contributed by atoms with Crippen LogP contribution in [0.15, 0.2) is 54.6 Å². The summed E-state index contributed by atoms with van der Waals surface area (Å²) in [6.07, 6.45) is 1.43. The van der Waals surface area contributed by atoms with Crippen LogP contribution >= 0.6 is 0 Å². The summed E-state index contributed by atoms with van der Waals surface area (Å²) in [6, 6.07) is 17.1. The van der Waals surface area contributed by atoms with E-state index in [1.807, 2.05) is 25.1 Å². The van der Waals surface area contributed by atoms with Gasteiger partial charge in [0.05, 0.1) is 11.1 Å². The van der Waals surface area contributed by atoms with E-state index in [4.69, 9.17) is 9.47 Å². The lowest BCUT2D eigenvalue weighted by Crippen LogP contribution is -2.28. The minimum atomic E-state index is -0.660. The normalized spacial score (nSPS) is 15.9. The molecule has 0 bridgehead atoms. The van der Waals surface area contributed by atoms with E-state index in [-0.39, 0.29) is 23.8 Å². The molecule has 3 aromatic carbocycles. The predicted molar refractivity (Wildman–Crippen MR) is 127 cm³/mol. The SMILES string of the molecule is Cc1cc(F)c(NC(=O)C2(c3ccc4c(c3)OCO4)CC2)cc1-c1ccc(C(C)(C)C)cc1. The van der Waals surface area contributed by atoms with Crippen LogP contribution in [0.4, 0.5) is 10.1 Å². The van der Waals surface area contributed by atoms with Gasteiger partial charge in [0.2, 0.25) is 12.7 Å². The van der Waals surface area contributed by atoms with Crippen LogP contribution < -0.4 is 14.8 Å². The number of carbonyl (C=O) groups is 1. The molecule has 0 atom stereocenters. The van der Waals surface area contributed by atoms with Gasteiger partial charge in [0.15, 0.2) is 11.5 Å². The maximum atomic E-state index is 14.9.